The first-order valence-corrected chi connectivity index (χ1v) is 11.2. The van der Waals surface area contributed by atoms with Crippen LogP contribution in [0.3, 0.4) is 0 Å². The molecule has 0 aliphatic carbocycles. The Labute approximate surface area is 181 Å². The Morgan fingerprint density at radius 3 is 2.59 bits per heavy atom. The molecular formula is C20H19F3N4O4S. The van der Waals surface area contributed by atoms with Gasteiger partial charge in [0.05, 0.1) is 18.6 Å². The van der Waals surface area contributed by atoms with Crippen LogP contribution < -0.4 is 11.1 Å². The Bertz CT molecular complexity index is 1250. The van der Waals surface area contributed by atoms with Gasteiger partial charge < -0.3 is 15.8 Å². The van der Waals surface area contributed by atoms with E-state index in [1.807, 2.05) is 0 Å². The molecule has 1 aromatic heterocycles. The topological polar surface area (TPSA) is 124 Å². The Balaban J connectivity index is 1.70. The minimum absolute atomic E-state index is 0.0359. The molecule has 0 bridgehead atoms. The van der Waals surface area contributed by atoms with Gasteiger partial charge >= 0.3 is 0 Å². The average molecular weight is 468 g/mol. The summed E-state index contributed by atoms with van der Waals surface area (Å²) in [5.74, 6) is -4.55. The predicted molar refractivity (Wildman–Crippen MR) is 109 cm³/mol. The molecule has 1 spiro atoms. The number of aromatic nitrogens is 1. The summed E-state index contributed by atoms with van der Waals surface area (Å²) in [6.07, 6.45) is 0.845. The maximum absolute atomic E-state index is 14.8. The van der Waals surface area contributed by atoms with Gasteiger partial charge in [0, 0.05) is 23.9 Å². The van der Waals surface area contributed by atoms with Crippen LogP contribution in [0.4, 0.5) is 18.9 Å². The van der Waals surface area contributed by atoms with E-state index in [4.69, 9.17) is 10.5 Å². The lowest BCUT2D eigenvalue weighted by atomic mass is 9.92. The fourth-order valence-corrected chi connectivity index (χ4v) is 6.24. The molecule has 2 atom stereocenters. The van der Waals surface area contributed by atoms with Crippen LogP contribution in [0.2, 0.25) is 0 Å². The highest BCUT2D eigenvalue weighted by atomic mass is 32.2. The molecule has 32 heavy (non-hydrogen) atoms. The van der Waals surface area contributed by atoms with Crippen molar-refractivity contribution in [3.63, 3.8) is 0 Å². The smallest absolute Gasteiger partial charge is 0.277 e. The van der Waals surface area contributed by atoms with Crippen molar-refractivity contribution in [2.24, 2.45) is 10.7 Å². The SMILES string of the molecule is C[C@@]1(c2cc(NC(=O)c3ncc(F)cc3F)ccc2F)CS(=O)(=O)[C@]2(CCOC2)C(N)=N1. The number of carbonyl (C=O) groups excluding carboxylic acids is 1. The number of rotatable bonds is 3. The third kappa shape index (κ3) is 3.52. The highest BCUT2D eigenvalue weighted by molar-refractivity contribution is 7.93. The first-order chi connectivity index (χ1) is 15.0. The molecule has 2 aliphatic heterocycles. The number of sulfone groups is 1. The first-order valence-electron chi connectivity index (χ1n) is 9.56. The van der Waals surface area contributed by atoms with Gasteiger partial charge in [0.25, 0.3) is 5.91 Å². The molecule has 4 rings (SSSR count). The van der Waals surface area contributed by atoms with Gasteiger partial charge in [-0.25, -0.2) is 26.6 Å². The van der Waals surface area contributed by atoms with Gasteiger partial charge in [-0.05, 0) is 31.5 Å². The number of nitrogens with one attached hydrogen (secondary N) is 1. The second-order valence-corrected chi connectivity index (χ2v) is 10.3. The lowest BCUT2D eigenvalue weighted by Gasteiger charge is -2.39. The van der Waals surface area contributed by atoms with E-state index < -0.39 is 54.9 Å². The summed E-state index contributed by atoms with van der Waals surface area (Å²) < 4.78 is 71.7. The summed E-state index contributed by atoms with van der Waals surface area (Å²) in [7, 11) is -3.86. The van der Waals surface area contributed by atoms with E-state index in [9.17, 15) is 26.4 Å². The van der Waals surface area contributed by atoms with Gasteiger partial charge in [0.1, 0.15) is 23.0 Å². The zero-order valence-electron chi connectivity index (χ0n) is 16.9. The van der Waals surface area contributed by atoms with Crippen LogP contribution in [-0.2, 0) is 20.1 Å². The number of aliphatic imine (C=N–C) groups is 1. The Morgan fingerprint density at radius 2 is 1.97 bits per heavy atom. The van der Waals surface area contributed by atoms with Gasteiger partial charge in [0.2, 0.25) is 0 Å². The number of pyridine rings is 1. The van der Waals surface area contributed by atoms with E-state index in [1.54, 1.807) is 0 Å². The summed E-state index contributed by atoms with van der Waals surface area (Å²) in [5.41, 5.74) is 3.74. The maximum atomic E-state index is 14.8. The molecule has 8 nitrogen and oxygen atoms in total. The molecule has 1 saturated heterocycles. The summed E-state index contributed by atoms with van der Waals surface area (Å²) >= 11 is 0. The second-order valence-electron chi connectivity index (χ2n) is 7.96. The molecule has 3 N–H and O–H groups in total. The number of amides is 1. The van der Waals surface area contributed by atoms with E-state index in [1.165, 1.54) is 19.1 Å². The molecule has 0 unspecified atom stereocenters. The Morgan fingerprint density at radius 1 is 1.22 bits per heavy atom. The summed E-state index contributed by atoms with van der Waals surface area (Å²) in [6.45, 7) is 1.52. The number of benzene rings is 1. The van der Waals surface area contributed by atoms with Gasteiger partial charge in [-0.3, -0.25) is 9.79 Å². The van der Waals surface area contributed by atoms with Crippen molar-refractivity contribution >= 4 is 27.3 Å². The van der Waals surface area contributed by atoms with Crippen LogP contribution in [0.25, 0.3) is 0 Å². The van der Waals surface area contributed by atoms with Crippen molar-refractivity contribution < 1.29 is 31.1 Å². The van der Waals surface area contributed by atoms with E-state index in [0.29, 0.717) is 12.3 Å². The van der Waals surface area contributed by atoms with Crippen LogP contribution in [-0.4, -0.2) is 48.9 Å². The molecule has 3 heterocycles. The average Bonchev–Trinajstić information content (AvgIpc) is 3.19. The van der Waals surface area contributed by atoms with Crippen molar-refractivity contribution in [3.8, 4) is 0 Å². The van der Waals surface area contributed by atoms with Gasteiger partial charge in [0.15, 0.2) is 26.1 Å². The normalized spacial score (nSPS) is 26.7. The van der Waals surface area contributed by atoms with E-state index in [2.05, 4.69) is 15.3 Å². The number of nitrogens with zero attached hydrogens (tertiary/aromatic N) is 2. The van der Waals surface area contributed by atoms with Crippen molar-refractivity contribution in [2.45, 2.75) is 23.6 Å². The van der Waals surface area contributed by atoms with E-state index >= 15 is 0 Å². The molecule has 2 aliphatic rings. The highest BCUT2D eigenvalue weighted by Gasteiger charge is 2.57. The monoisotopic (exact) mass is 468 g/mol. The van der Waals surface area contributed by atoms with Crippen molar-refractivity contribution in [3.05, 3.63) is 59.2 Å². The van der Waals surface area contributed by atoms with Gasteiger partial charge in [-0.2, -0.15) is 0 Å². The van der Waals surface area contributed by atoms with Crippen LogP contribution in [0.1, 0.15) is 29.4 Å². The van der Waals surface area contributed by atoms with E-state index in [-0.39, 0.29) is 36.7 Å². The lowest BCUT2D eigenvalue weighted by Crippen LogP contribution is -2.58. The molecule has 12 heteroatoms. The zero-order chi connectivity index (χ0) is 23.3. The van der Waals surface area contributed by atoms with Crippen molar-refractivity contribution in [2.75, 3.05) is 24.3 Å². The minimum Gasteiger partial charge on any atom is -0.386 e. The summed E-state index contributed by atoms with van der Waals surface area (Å²) in [4.78, 5) is 20.1. The number of halogens is 3. The summed E-state index contributed by atoms with van der Waals surface area (Å²) in [5, 5.41) is 2.34. The number of carbonyl (C=O) groups is 1. The fraction of sp³-hybridized carbons (Fsp3) is 0.350. The molecule has 2 aromatic rings. The van der Waals surface area contributed by atoms with Crippen molar-refractivity contribution in [1.29, 1.82) is 0 Å². The second kappa shape index (κ2) is 7.55. The molecule has 0 saturated carbocycles. The summed E-state index contributed by atoms with van der Waals surface area (Å²) in [6, 6.07) is 3.93. The molecule has 0 radical (unpaired) electrons. The zero-order valence-corrected chi connectivity index (χ0v) is 17.7. The molecule has 170 valence electrons. The van der Waals surface area contributed by atoms with Gasteiger partial charge in [-0.1, -0.05) is 0 Å². The number of hydrogen-bond acceptors (Lipinski definition) is 7. The molecular weight excluding hydrogens is 449 g/mol. The number of amidine groups is 1. The van der Waals surface area contributed by atoms with Crippen LogP contribution in [0.15, 0.2) is 35.5 Å². The maximum Gasteiger partial charge on any atom is 0.277 e. The quantitative estimate of drug-likeness (QED) is 0.709. The third-order valence-corrected chi connectivity index (χ3v) is 8.38. The van der Waals surface area contributed by atoms with E-state index in [0.717, 1.165) is 6.07 Å². The van der Waals surface area contributed by atoms with Crippen LogP contribution >= 0.6 is 0 Å². The number of ether oxygens (including phenoxy) is 1. The lowest BCUT2D eigenvalue weighted by molar-refractivity contribution is 0.101. The molecule has 1 aromatic carbocycles. The van der Waals surface area contributed by atoms with Gasteiger partial charge in [-0.15, -0.1) is 0 Å². The number of hydrogen-bond donors (Lipinski definition) is 2. The van der Waals surface area contributed by atoms with Crippen molar-refractivity contribution in [1.82, 2.24) is 4.98 Å². The highest BCUT2D eigenvalue weighted by Crippen LogP contribution is 2.41. The largest absolute Gasteiger partial charge is 0.386 e. The minimum atomic E-state index is -3.86. The predicted octanol–water partition coefficient (Wildman–Crippen LogP) is 1.91. The standard InChI is InChI=1S/C20H19F3N4O4S/c1-19(10-32(29,30)20(18(24)27-19)4-5-31-9-20)13-7-12(2-3-14(13)22)26-17(28)16-15(23)6-11(21)8-25-16/h2-3,6-8H,4-5,9-10H2,1H3,(H2,24,27)(H,26,28)/t19-,20-/m0/s1. The van der Waals surface area contributed by atoms with Crippen LogP contribution in [0, 0.1) is 17.5 Å². The molecule has 1 fully saturated rings. The Hall–Kier alpha value is -2.99. The molecule has 1 amide bonds. The fourth-order valence-electron chi connectivity index (χ4n) is 3.99. The third-order valence-electron chi connectivity index (χ3n) is 5.71. The first kappa shape index (κ1) is 22.2. The number of anilines is 1. The Kier molecular flexibility index (Phi) is 5.24. The number of nitrogens with two attached hydrogens (primary N) is 1. The van der Waals surface area contributed by atoms with Crippen LogP contribution in [0.5, 0.6) is 0 Å².